The van der Waals surface area contributed by atoms with Gasteiger partial charge in [0, 0.05) is 17.7 Å². The maximum Gasteiger partial charge on any atom is 0.224 e. The molecule has 2 heterocycles. The Morgan fingerprint density at radius 3 is 3.00 bits per heavy atom. The van der Waals surface area contributed by atoms with Gasteiger partial charge in [0.05, 0.1) is 0 Å². The second-order valence-electron chi connectivity index (χ2n) is 4.96. The van der Waals surface area contributed by atoms with Gasteiger partial charge >= 0.3 is 0 Å². The predicted octanol–water partition coefficient (Wildman–Crippen LogP) is 1.24. The van der Waals surface area contributed by atoms with Gasteiger partial charge in [0.25, 0.3) is 0 Å². The van der Waals surface area contributed by atoms with E-state index >= 15 is 0 Å². The Bertz CT molecular complexity index is 235. The van der Waals surface area contributed by atoms with Crippen LogP contribution in [0.5, 0.6) is 0 Å². The maximum atomic E-state index is 12.0. The molecule has 16 heavy (non-hydrogen) atoms. The van der Waals surface area contributed by atoms with Crippen LogP contribution in [0.1, 0.15) is 26.2 Å². The first-order chi connectivity index (χ1) is 7.77. The molecule has 0 aromatic heterocycles. The summed E-state index contributed by atoms with van der Waals surface area (Å²) in [5, 5.41) is 6.60. The van der Waals surface area contributed by atoms with Crippen LogP contribution >= 0.6 is 11.8 Å². The van der Waals surface area contributed by atoms with Crippen molar-refractivity contribution in [2.45, 2.75) is 32.2 Å². The van der Waals surface area contributed by atoms with Gasteiger partial charge in [-0.05, 0) is 50.9 Å². The van der Waals surface area contributed by atoms with E-state index in [0.717, 1.165) is 31.0 Å². The normalized spacial score (nSPS) is 32.3. The molecule has 2 rings (SSSR count). The molecule has 0 aliphatic carbocycles. The highest BCUT2D eigenvalue weighted by atomic mass is 32.2. The largest absolute Gasteiger partial charge is 0.353 e. The van der Waals surface area contributed by atoms with Gasteiger partial charge in [-0.1, -0.05) is 0 Å². The fraction of sp³-hybridized carbons (Fsp3) is 0.917. The van der Waals surface area contributed by atoms with Crippen LogP contribution < -0.4 is 10.6 Å². The monoisotopic (exact) mass is 242 g/mol. The Balaban J connectivity index is 1.76. The number of carbonyl (C=O) groups excluding carboxylic acids is 1. The predicted molar refractivity (Wildman–Crippen MR) is 68.6 cm³/mol. The standard InChI is InChI=1S/C12H22N2OS/c1-9(10-3-2-5-13-7-10)14-12(15)11-4-6-16-8-11/h9-11,13H,2-8H2,1H3,(H,14,15). The van der Waals surface area contributed by atoms with Crippen molar-refractivity contribution in [3.05, 3.63) is 0 Å². The highest BCUT2D eigenvalue weighted by Crippen LogP contribution is 2.24. The van der Waals surface area contributed by atoms with Crippen molar-refractivity contribution in [1.82, 2.24) is 10.6 Å². The summed E-state index contributed by atoms with van der Waals surface area (Å²) in [6.45, 7) is 4.34. The number of thioether (sulfide) groups is 1. The van der Waals surface area contributed by atoms with Gasteiger partial charge in [0.15, 0.2) is 0 Å². The second kappa shape index (κ2) is 5.92. The molecule has 0 bridgehead atoms. The summed E-state index contributed by atoms with van der Waals surface area (Å²) in [6.07, 6.45) is 3.55. The molecule has 0 spiro atoms. The molecule has 0 aromatic rings. The lowest BCUT2D eigenvalue weighted by molar-refractivity contribution is -0.125. The SMILES string of the molecule is CC(NC(=O)C1CCSC1)C1CCCNC1. The van der Waals surface area contributed by atoms with E-state index < -0.39 is 0 Å². The summed E-state index contributed by atoms with van der Waals surface area (Å²) >= 11 is 1.90. The molecule has 4 heteroatoms. The van der Waals surface area contributed by atoms with E-state index in [0.29, 0.717) is 12.0 Å². The molecule has 3 nitrogen and oxygen atoms in total. The minimum Gasteiger partial charge on any atom is -0.353 e. The maximum absolute atomic E-state index is 12.0. The van der Waals surface area contributed by atoms with E-state index in [1.165, 1.54) is 12.8 Å². The van der Waals surface area contributed by atoms with Crippen molar-refractivity contribution >= 4 is 17.7 Å². The molecule has 3 unspecified atom stereocenters. The molecule has 0 radical (unpaired) electrons. The zero-order chi connectivity index (χ0) is 11.4. The molecule has 2 aliphatic rings. The number of hydrogen-bond donors (Lipinski definition) is 2. The summed E-state index contributed by atoms with van der Waals surface area (Å²) in [6, 6.07) is 0.325. The first kappa shape index (κ1) is 12.2. The van der Waals surface area contributed by atoms with Crippen molar-refractivity contribution in [2.24, 2.45) is 11.8 Å². The van der Waals surface area contributed by atoms with E-state index in [-0.39, 0.29) is 11.8 Å². The average Bonchev–Trinajstić information content (AvgIpc) is 2.83. The minimum absolute atomic E-state index is 0.268. The number of nitrogens with one attached hydrogen (secondary N) is 2. The van der Waals surface area contributed by atoms with Crippen LogP contribution in [-0.2, 0) is 4.79 Å². The van der Waals surface area contributed by atoms with Crippen LogP contribution in [0.3, 0.4) is 0 Å². The van der Waals surface area contributed by atoms with Gasteiger partial charge in [-0.25, -0.2) is 0 Å². The fourth-order valence-electron chi connectivity index (χ4n) is 2.51. The van der Waals surface area contributed by atoms with Gasteiger partial charge in [-0.3, -0.25) is 4.79 Å². The summed E-state index contributed by atoms with van der Waals surface area (Å²) in [7, 11) is 0. The molecule has 2 N–H and O–H groups in total. The lowest BCUT2D eigenvalue weighted by atomic mass is 9.92. The van der Waals surface area contributed by atoms with E-state index in [1.54, 1.807) is 0 Å². The van der Waals surface area contributed by atoms with Crippen LogP contribution in [0.15, 0.2) is 0 Å². The van der Waals surface area contributed by atoms with E-state index in [4.69, 9.17) is 0 Å². The molecule has 2 saturated heterocycles. The summed E-state index contributed by atoms with van der Waals surface area (Å²) in [4.78, 5) is 12.0. The first-order valence-corrected chi connectivity index (χ1v) is 7.51. The summed E-state index contributed by atoms with van der Waals surface area (Å²) < 4.78 is 0. The zero-order valence-electron chi connectivity index (χ0n) is 10.00. The number of rotatable bonds is 3. The van der Waals surface area contributed by atoms with Gasteiger partial charge in [-0.15, -0.1) is 0 Å². The second-order valence-corrected chi connectivity index (χ2v) is 6.11. The minimum atomic E-state index is 0.268. The fourth-order valence-corrected chi connectivity index (χ4v) is 3.73. The Morgan fingerprint density at radius 1 is 1.50 bits per heavy atom. The van der Waals surface area contributed by atoms with Crippen LogP contribution in [0.4, 0.5) is 0 Å². The highest BCUT2D eigenvalue weighted by Gasteiger charge is 2.27. The third-order valence-corrected chi connectivity index (χ3v) is 4.87. The average molecular weight is 242 g/mol. The van der Waals surface area contributed by atoms with Gasteiger partial charge < -0.3 is 10.6 Å². The van der Waals surface area contributed by atoms with Gasteiger partial charge in [0.1, 0.15) is 0 Å². The molecule has 1 amide bonds. The zero-order valence-corrected chi connectivity index (χ0v) is 10.8. The van der Waals surface area contributed by atoms with E-state index in [2.05, 4.69) is 17.6 Å². The van der Waals surface area contributed by atoms with Crippen molar-refractivity contribution in [1.29, 1.82) is 0 Å². The Labute approximate surface area is 102 Å². The molecular weight excluding hydrogens is 220 g/mol. The lowest BCUT2D eigenvalue weighted by Crippen LogP contribution is -2.46. The van der Waals surface area contributed by atoms with Crippen molar-refractivity contribution in [3.8, 4) is 0 Å². The topological polar surface area (TPSA) is 41.1 Å². The number of carbonyl (C=O) groups is 1. The molecule has 92 valence electrons. The van der Waals surface area contributed by atoms with Crippen molar-refractivity contribution < 1.29 is 4.79 Å². The first-order valence-electron chi connectivity index (χ1n) is 6.36. The molecule has 2 aliphatic heterocycles. The molecule has 2 fully saturated rings. The summed E-state index contributed by atoms with van der Waals surface area (Å²) in [5.41, 5.74) is 0. The smallest absolute Gasteiger partial charge is 0.224 e. The molecule has 0 saturated carbocycles. The van der Waals surface area contributed by atoms with Crippen LogP contribution in [0.25, 0.3) is 0 Å². The van der Waals surface area contributed by atoms with Crippen LogP contribution in [-0.4, -0.2) is 36.5 Å². The third-order valence-electron chi connectivity index (χ3n) is 3.71. The van der Waals surface area contributed by atoms with Crippen molar-refractivity contribution in [2.75, 3.05) is 24.6 Å². The van der Waals surface area contributed by atoms with E-state index in [9.17, 15) is 4.79 Å². The summed E-state index contributed by atoms with van der Waals surface area (Å²) in [5.74, 6) is 3.33. The lowest BCUT2D eigenvalue weighted by Gasteiger charge is -2.29. The highest BCUT2D eigenvalue weighted by molar-refractivity contribution is 7.99. The number of piperidine rings is 1. The van der Waals surface area contributed by atoms with Crippen LogP contribution in [0, 0.1) is 11.8 Å². The van der Waals surface area contributed by atoms with Crippen LogP contribution in [0.2, 0.25) is 0 Å². The molecule has 3 atom stereocenters. The quantitative estimate of drug-likeness (QED) is 0.782. The van der Waals surface area contributed by atoms with E-state index in [1.807, 2.05) is 11.8 Å². The van der Waals surface area contributed by atoms with Gasteiger partial charge in [0.2, 0.25) is 5.91 Å². The van der Waals surface area contributed by atoms with Gasteiger partial charge in [-0.2, -0.15) is 11.8 Å². The molecular formula is C12H22N2OS. The Kier molecular flexibility index (Phi) is 4.53. The third kappa shape index (κ3) is 3.14. The van der Waals surface area contributed by atoms with Crippen molar-refractivity contribution in [3.63, 3.8) is 0 Å². The Hall–Kier alpha value is -0.220. The number of amides is 1. The number of hydrogen-bond acceptors (Lipinski definition) is 3. The Morgan fingerprint density at radius 2 is 2.38 bits per heavy atom. The molecule has 0 aromatic carbocycles.